The van der Waals surface area contributed by atoms with Crippen molar-refractivity contribution >= 4 is 21.8 Å². The first kappa shape index (κ1) is 15.3. The molecule has 1 aliphatic heterocycles. The van der Waals surface area contributed by atoms with Crippen LogP contribution in [-0.2, 0) is 4.74 Å². The maximum absolute atomic E-state index is 12.6. The highest BCUT2D eigenvalue weighted by atomic mass is 79.9. The zero-order valence-electron chi connectivity index (χ0n) is 11.7. The molecule has 2 rings (SSSR count). The highest BCUT2D eigenvalue weighted by Gasteiger charge is 2.21. The minimum Gasteiger partial charge on any atom is -0.490 e. The molecule has 1 aliphatic rings. The van der Waals surface area contributed by atoms with Gasteiger partial charge in [0, 0.05) is 24.7 Å². The largest absolute Gasteiger partial charge is 0.490 e. The molecule has 1 aromatic carbocycles. The summed E-state index contributed by atoms with van der Waals surface area (Å²) in [6.45, 7) is 2.62. The van der Waals surface area contributed by atoms with Gasteiger partial charge in [-0.25, -0.2) is 0 Å². The van der Waals surface area contributed by atoms with E-state index in [1.807, 2.05) is 23.1 Å². The SMILES string of the molecule is COCCOc1ccc(Br)cc1C(=O)N1CCCCC1. The molecule has 1 aromatic rings. The average molecular weight is 342 g/mol. The van der Waals surface area contributed by atoms with Gasteiger partial charge in [-0.15, -0.1) is 0 Å². The van der Waals surface area contributed by atoms with Crippen LogP contribution in [0.1, 0.15) is 29.6 Å². The number of carbonyl (C=O) groups is 1. The summed E-state index contributed by atoms with van der Waals surface area (Å²) in [5.74, 6) is 0.680. The standard InChI is InChI=1S/C15H20BrNO3/c1-19-9-10-20-14-6-5-12(16)11-13(14)15(18)17-7-3-2-4-8-17/h5-6,11H,2-4,7-10H2,1H3. The van der Waals surface area contributed by atoms with Crippen molar-refractivity contribution in [2.24, 2.45) is 0 Å². The van der Waals surface area contributed by atoms with E-state index in [9.17, 15) is 4.79 Å². The monoisotopic (exact) mass is 341 g/mol. The third kappa shape index (κ3) is 3.96. The van der Waals surface area contributed by atoms with Crippen LogP contribution in [0.25, 0.3) is 0 Å². The van der Waals surface area contributed by atoms with Gasteiger partial charge in [0.05, 0.1) is 12.2 Å². The molecule has 5 heteroatoms. The minimum absolute atomic E-state index is 0.0541. The Morgan fingerprint density at radius 2 is 2.00 bits per heavy atom. The Morgan fingerprint density at radius 1 is 1.25 bits per heavy atom. The van der Waals surface area contributed by atoms with Gasteiger partial charge in [0.2, 0.25) is 0 Å². The number of hydrogen-bond donors (Lipinski definition) is 0. The molecule has 0 N–H and O–H groups in total. The molecule has 0 aliphatic carbocycles. The van der Waals surface area contributed by atoms with Crippen LogP contribution in [0.15, 0.2) is 22.7 Å². The van der Waals surface area contributed by atoms with Gasteiger partial charge in [0.15, 0.2) is 0 Å². The summed E-state index contributed by atoms with van der Waals surface area (Å²) in [7, 11) is 1.63. The van der Waals surface area contributed by atoms with Crippen LogP contribution in [0.2, 0.25) is 0 Å². The first-order chi connectivity index (χ1) is 9.72. The van der Waals surface area contributed by atoms with Gasteiger partial charge >= 0.3 is 0 Å². The second kappa shape index (κ2) is 7.64. The normalized spacial score (nSPS) is 15.2. The topological polar surface area (TPSA) is 38.8 Å². The summed E-state index contributed by atoms with van der Waals surface area (Å²) >= 11 is 3.42. The number of hydrogen-bond acceptors (Lipinski definition) is 3. The van der Waals surface area contributed by atoms with E-state index in [1.54, 1.807) is 7.11 Å². The van der Waals surface area contributed by atoms with Crippen molar-refractivity contribution in [2.75, 3.05) is 33.4 Å². The van der Waals surface area contributed by atoms with E-state index >= 15 is 0 Å². The molecule has 1 heterocycles. The number of piperidine rings is 1. The van der Waals surface area contributed by atoms with Crippen molar-refractivity contribution in [3.63, 3.8) is 0 Å². The minimum atomic E-state index is 0.0541. The van der Waals surface area contributed by atoms with Gasteiger partial charge in [-0.05, 0) is 37.5 Å². The van der Waals surface area contributed by atoms with E-state index in [0.29, 0.717) is 24.5 Å². The van der Waals surface area contributed by atoms with Crippen LogP contribution in [0, 0.1) is 0 Å². The van der Waals surface area contributed by atoms with Crippen molar-refractivity contribution < 1.29 is 14.3 Å². The first-order valence-electron chi connectivity index (χ1n) is 6.93. The molecule has 0 aromatic heterocycles. The van der Waals surface area contributed by atoms with E-state index in [1.165, 1.54) is 6.42 Å². The molecule has 0 radical (unpaired) electrons. The summed E-state index contributed by atoms with van der Waals surface area (Å²) in [5, 5.41) is 0. The Hall–Kier alpha value is -1.07. The predicted octanol–water partition coefficient (Wildman–Crippen LogP) is 3.10. The van der Waals surface area contributed by atoms with Gasteiger partial charge in [0.25, 0.3) is 5.91 Å². The lowest BCUT2D eigenvalue weighted by atomic mass is 10.1. The van der Waals surface area contributed by atoms with Crippen molar-refractivity contribution in [1.29, 1.82) is 0 Å². The fourth-order valence-electron chi connectivity index (χ4n) is 2.30. The molecule has 20 heavy (non-hydrogen) atoms. The number of nitrogens with zero attached hydrogens (tertiary/aromatic N) is 1. The molecule has 4 nitrogen and oxygen atoms in total. The molecule has 0 atom stereocenters. The van der Waals surface area contributed by atoms with Crippen molar-refractivity contribution in [3.8, 4) is 5.75 Å². The zero-order valence-corrected chi connectivity index (χ0v) is 13.3. The summed E-state index contributed by atoms with van der Waals surface area (Å²) < 4.78 is 11.5. The fourth-order valence-corrected chi connectivity index (χ4v) is 2.66. The summed E-state index contributed by atoms with van der Waals surface area (Å²) in [5.41, 5.74) is 0.623. The number of benzene rings is 1. The number of carbonyl (C=O) groups excluding carboxylic acids is 1. The number of amides is 1. The highest BCUT2D eigenvalue weighted by molar-refractivity contribution is 9.10. The first-order valence-corrected chi connectivity index (χ1v) is 7.72. The van der Waals surface area contributed by atoms with Crippen molar-refractivity contribution in [2.45, 2.75) is 19.3 Å². The molecule has 0 unspecified atom stereocenters. The Morgan fingerprint density at radius 3 is 2.70 bits per heavy atom. The van der Waals surface area contributed by atoms with Crippen LogP contribution in [0.5, 0.6) is 5.75 Å². The molecule has 0 bridgehead atoms. The van der Waals surface area contributed by atoms with E-state index < -0.39 is 0 Å². The van der Waals surface area contributed by atoms with Crippen molar-refractivity contribution in [3.05, 3.63) is 28.2 Å². The Kier molecular flexibility index (Phi) is 5.86. The van der Waals surface area contributed by atoms with Crippen molar-refractivity contribution in [1.82, 2.24) is 4.90 Å². The van der Waals surface area contributed by atoms with Gasteiger partial charge in [-0.1, -0.05) is 15.9 Å². The summed E-state index contributed by atoms with van der Waals surface area (Å²) in [6.07, 6.45) is 3.37. The Bertz CT molecular complexity index is 458. The zero-order chi connectivity index (χ0) is 14.4. The smallest absolute Gasteiger partial charge is 0.257 e. The van der Waals surface area contributed by atoms with Gasteiger partial charge in [0.1, 0.15) is 12.4 Å². The second-order valence-electron chi connectivity index (χ2n) is 4.83. The average Bonchev–Trinajstić information content (AvgIpc) is 2.49. The van der Waals surface area contributed by atoms with Gasteiger partial charge < -0.3 is 14.4 Å². The molecule has 110 valence electrons. The van der Waals surface area contributed by atoms with Crippen LogP contribution in [0.4, 0.5) is 0 Å². The molecule has 1 saturated heterocycles. The molecule has 1 amide bonds. The quantitative estimate of drug-likeness (QED) is 0.772. The number of halogens is 1. The van der Waals surface area contributed by atoms with E-state index in [0.717, 1.165) is 30.4 Å². The Labute approximate surface area is 128 Å². The lowest BCUT2D eigenvalue weighted by Crippen LogP contribution is -2.35. The molecular weight excluding hydrogens is 322 g/mol. The third-order valence-electron chi connectivity index (χ3n) is 3.36. The van der Waals surface area contributed by atoms with Gasteiger partial charge in [-0.2, -0.15) is 0 Å². The lowest BCUT2D eigenvalue weighted by molar-refractivity contribution is 0.0717. The predicted molar refractivity (Wildman–Crippen MR) is 81.3 cm³/mol. The number of likely N-dealkylation sites (tertiary alicyclic amines) is 1. The summed E-state index contributed by atoms with van der Waals surface area (Å²) in [4.78, 5) is 14.5. The molecule has 0 spiro atoms. The maximum atomic E-state index is 12.6. The van der Waals surface area contributed by atoms with E-state index in [4.69, 9.17) is 9.47 Å². The van der Waals surface area contributed by atoms with Crippen LogP contribution >= 0.6 is 15.9 Å². The molecule has 1 fully saturated rings. The Balaban J connectivity index is 2.14. The number of methoxy groups -OCH3 is 1. The second-order valence-corrected chi connectivity index (χ2v) is 5.75. The fraction of sp³-hybridized carbons (Fsp3) is 0.533. The number of rotatable bonds is 5. The van der Waals surface area contributed by atoms with Crippen LogP contribution < -0.4 is 4.74 Å². The third-order valence-corrected chi connectivity index (χ3v) is 3.85. The number of ether oxygens (including phenoxy) is 2. The maximum Gasteiger partial charge on any atom is 0.257 e. The van der Waals surface area contributed by atoms with E-state index in [-0.39, 0.29) is 5.91 Å². The molecule has 0 saturated carbocycles. The summed E-state index contributed by atoms with van der Waals surface area (Å²) in [6, 6.07) is 5.55. The van der Waals surface area contributed by atoms with Crippen LogP contribution in [0.3, 0.4) is 0 Å². The van der Waals surface area contributed by atoms with E-state index in [2.05, 4.69) is 15.9 Å². The highest BCUT2D eigenvalue weighted by Crippen LogP contribution is 2.26. The lowest BCUT2D eigenvalue weighted by Gasteiger charge is -2.27. The van der Waals surface area contributed by atoms with Crippen LogP contribution in [-0.4, -0.2) is 44.2 Å². The van der Waals surface area contributed by atoms with Gasteiger partial charge in [-0.3, -0.25) is 4.79 Å². The molecular formula is C15H20BrNO3.